The van der Waals surface area contributed by atoms with Crippen molar-refractivity contribution in [3.05, 3.63) is 24.3 Å². The maximum absolute atomic E-state index is 5.93. The quantitative estimate of drug-likeness (QED) is 0.678. The first-order valence-electron chi connectivity index (χ1n) is 7.08. The van der Waals surface area contributed by atoms with Gasteiger partial charge in [-0.25, -0.2) is 0 Å². The summed E-state index contributed by atoms with van der Waals surface area (Å²) in [7, 11) is 0. The molecule has 0 aliphatic carbocycles. The van der Waals surface area contributed by atoms with Crippen molar-refractivity contribution < 1.29 is 4.74 Å². The number of para-hydroxylation sites is 2. The average molecular weight is 506 g/mol. The van der Waals surface area contributed by atoms with Crippen LogP contribution >= 0.6 is 50.9 Å². The Morgan fingerprint density at radius 2 is 1.50 bits per heavy atom. The van der Waals surface area contributed by atoms with Crippen molar-refractivity contribution in [3.8, 4) is 5.75 Å². The Balaban J connectivity index is 0. The fourth-order valence-electron chi connectivity index (χ4n) is 2.44. The van der Waals surface area contributed by atoms with Gasteiger partial charge < -0.3 is 15.4 Å². The van der Waals surface area contributed by atoms with Crippen LogP contribution in [-0.4, -0.2) is 43.3 Å². The van der Waals surface area contributed by atoms with Crippen LogP contribution in [0.2, 0.25) is 0 Å². The lowest BCUT2D eigenvalue weighted by atomic mass is 10.2. The third-order valence-electron chi connectivity index (χ3n) is 3.46. The molecule has 1 saturated heterocycles. The third kappa shape index (κ3) is 6.74. The Morgan fingerprint density at radius 1 is 0.955 bits per heavy atom. The molecule has 130 valence electrons. The molecule has 22 heavy (non-hydrogen) atoms. The Kier molecular flexibility index (Phi) is 13.0. The maximum atomic E-state index is 5.93. The molecule has 1 fully saturated rings. The van der Waals surface area contributed by atoms with Crippen LogP contribution in [0, 0.1) is 0 Å². The first-order valence-corrected chi connectivity index (χ1v) is 7.08. The molecule has 0 aromatic heterocycles. The van der Waals surface area contributed by atoms with Crippen LogP contribution in [0.3, 0.4) is 0 Å². The highest BCUT2D eigenvalue weighted by atomic mass is 79.9. The van der Waals surface area contributed by atoms with Crippen LogP contribution in [0.5, 0.6) is 5.75 Å². The molecule has 1 atom stereocenters. The number of hydrogen-bond acceptors (Lipinski definition) is 4. The second-order valence-electron chi connectivity index (χ2n) is 5.40. The molecule has 4 nitrogen and oxygen atoms in total. The topological polar surface area (TPSA) is 41.7 Å². The van der Waals surface area contributed by atoms with Crippen molar-refractivity contribution in [1.82, 2.24) is 4.90 Å². The predicted octanol–water partition coefficient (Wildman–Crippen LogP) is 3.63. The summed E-state index contributed by atoms with van der Waals surface area (Å²) < 4.78 is 5.89. The van der Waals surface area contributed by atoms with E-state index >= 15 is 0 Å². The summed E-state index contributed by atoms with van der Waals surface area (Å²) in [6.45, 7) is 10.2. The smallest absolute Gasteiger partial charge is 0.142 e. The molecule has 0 saturated carbocycles. The van der Waals surface area contributed by atoms with E-state index in [1.807, 2.05) is 19.1 Å². The van der Waals surface area contributed by atoms with E-state index in [4.69, 9.17) is 10.5 Å². The molecule has 2 rings (SSSR count). The minimum atomic E-state index is 0. The number of halogens is 3. The average Bonchev–Trinajstić information content (AvgIpc) is 2.39. The number of benzene rings is 1. The second-order valence-corrected chi connectivity index (χ2v) is 5.40. The van der Waals surface area contributed by atoms with Gasteiger partial charge in [0, 0.05) is 26.2 Å². The van der Waals surface area contributed by atoms with E-state index < -0.39 is 0 Å². The number of nitrogens with zero attached hydrogens (tertiary/aromatic N) is 2. The van der Waals surface area contributed by atoms with Gasteiger partial charge in [0.1, 0.15) is 5.75 Å². The normalized spacial score (nSPS) is 16.1. The summed E-state index contributed by atoms with van der Waals surface area (Å²) in [5, 5.41) is 0. The number of nitrogens with two attached hydrogens (primary N) is 1. The van der Waals surface area contributed by atoms with Crippen LogP contribution in [0.25, 0.3) is 0 Å². The SMILES string of the molecule is Br.Br.Br.CC(C)Oc1ccccc1N1CCN(C(C)N)CC1. The molecule has 1 aliphatic heterocycles. The summed E-state index contributed by atoms with van der Waals surface area (Å²) in [5.74, 6) is 0.978. The van der Waals surface area contributed by atoms with Gasteiger partial charge in [-0.1, -0.05) is 12.1 Å². The number of anilines is 1. The molecular weight excluding hydrogens is 478 g/mol. The van der Waals surface area contributed by atoms with Crippen LogP contribution in [-0.2, 0) is 0 Å². The van der Waals surface area contributed by atoms with Crippen LogP contribution in [0.1, 0.15) is 20.8 Å². The van der Waals surface area contributed by atoms with Gasteiger partial charge in [0.15, 0.2) is 0 Å². The molecule has 0 amide bonds. The number of rotatable bonds is 4. The summed E-state index contributed by atoms with van der Waals surface area (Å²) in [4.78, 5) is 4.69. The van der Waals surface area contributed by atoms with E-state index in [2.05, 4.69) is 35.8 Å². The zero-order chi connectivity index (χ0) is 13.8. The lowest BCUT2D eigenvalue weighted by molar-refractivity contribution is 0.199. The minimum absolute atomic E-state index is 0. The fourth-order valence-corrected chi connectivity index (χ4v) is 2.44. The Morgan fingerprint density at radius 3 is 2.00 bits per heavy atom. The predicted molar refractivity (Wildman–Crippen MR) is 111 cm³/mol. The standard InChI is InChI=1S/C15H25N3O.3BrH/c1-12(2)19-15-7-5-4-6-14(15)18-10-8-17(9-11-18)13(3)16;;;/h4-7,12-13H,8-11,16H2,1-3H3;3*1H. The third-order valence-corrected chi connectivity index (χ3v) is 3.46. The van der Waals surface area contributed by atoms with Gasteiger partial charge in [-0.05, 0) is 32.9 Å². The van der Waals surface area contributed by atoms with Crippen molar-refractivity contribution in [2.24, 2.45) is 5.73 Å². The molecule has 1 unspecified atom stereocenters. The molecule has 1 aromatic carbocycles. The van der Waals surface area contributed by atoms with Crippen molar-refractivity contribution in [2.45, 2.75) is 33.0 Å². The maximum Gasteiger partial charge on any atom is 0.142 e. The van der Waals surface area contributed by atoms with Crippen LogP contribution in [0.15, 0.2) is 24.3 Å². The number of hydrogen-bond donors (Lipinski definition) is 1. The second kappa shape index (κ2) is 11.7. The van der Waals surface area contributed by atoms with E-state index in [1.54, 1.807) is 0 Å². The van der Waals surface area contributed by atoms with E-state index in [9.17, 15) is 0 Å². The molecular formula is C15H28Br3N3O. The number of ether oxygens (including phenoxy) is 1. The fraction of sp³-hybridized carbons (Fsp3) is 0.600. The van der Waals surface area contributed by atoms with E-state index in [1.165, 1.54) is 5.69 Å². The highest BCUT2D eigenvalue weighted by Gasteiger charge is 2.21. The van der Waals surface area contributed by atoms with Crippen molar-refractivity contribution in [3.63, 3.8) is 0 Å². The summed E-state index contributed by atoms with van der Waals surface area (Å²) in [6.07, 6.45) is 0.343. The molecule has 1 aliphatic rings. The lowest BCUT2D eigenvalue weighted by Gasteiger charge is -2.38. The molecule has 1 aromatic rings. The monoisotopic (exact) mass is 503 g/mol. The van der Waals surface area contributed by atoms with Crippen molar-refractivity contribution in [1.29, 1.82) is 0 Å². The van der Waals surface area contributed by atoms with E-state index in [0.717, 1.165) is 31.9 Å². The molecule has 0 spiro atoms. The zero-order valence-electron chi connectivity index (χ0n) is 13.4. The van der Waals surface area contributed by atoms with Crippen molar-refractivity contribution >= 4 is 56.6 Å². The van der Waals surface area contributed by atoms with Crippen LogP contribution < -0.4 is 15.4 Å². The van der Waals surface area contributed by atoms with Gasteiger partial charge in [-0.2, -0.15) is 0 Å². The molecule has 0 bridgehead atoms. The number of piperazine rings is 1. The van der Waals surface area contributed by atoms with Gasteiger partial charge >= 0.3 is 0 Å². The van der Waals surface area contributed by atoms with Gasteiger partial charge in [0.05, 0.1) is 18.0 Å². The summed E-state index contributed by atoms with van der Waals surface area (Å²) >= 11 is 0. The summed E-state index contributed by atoms with van der Waals surface area (Å²) in [5.41, 5.74) is 7.12. The molecule has 1 heterocycles. The highest BCUT2D eigenvalue weighted by Crippen LogP contribution is 2.29. The van der Waals surface area contributed by atoms with E-state index in [-0.39, 0.29) is 63.2 Å². The molecule has 2 N–H and O–H groups in total. The summed E-state index contributed by atoms with van der Waals surface area (Å²) in [6, 6.07) is 8.28. The van der Waals surface area contributed by atoms with Gasteiger partial charge in [0.25, 0.3) is 0 Å². The van der Waals surface area contributed by atoms with Crippen LogP contribution in [0.4, 0.5) is 5.69 Å². The molecule has 0 radical (unpaired) electrons. The first kappa shape index (κ1) is 24.4. The van der Waals surface area contributed by atoms with Gasteiger partial charge in [-0.15, -0.1) is 50.9 Å². The first-order chi connectivity index (χ1) is 9.08. The zero-order valence-corrected chi connectivity index (χ0v) is 18.5. The minimum Gasteiger partial charge on any atom is -0.489 e. The Hall–Kier alpha value is 0.180. The largest absolute Gasteiger partial charge is 0.489 e. The Bertz CT molecular complexity index is 411. The Labute approximate surface area is 165 Å². The van der Waals surface area contributed by atoms with E-state index in [0.29, 0.717) is 0 Å². The van der Waals surface area contributed by atoms with Gasteiger partial charge in [-0.3, -0.25) is 4.90 Å². The van der Waals surface area contributed by atoms with Gasteiger partial charge in [0.2, 0.25) is 0 Å². The highest BCUT2D eigenvalue weighted by molar-refractivity contribution is 8.93. The van der Waals surface area contributed by atoms with Crippen molar-refractivity contribution in [2.75, 3.05) is 31.1 Å². The molecule has 7 heteroatoms. The lowest BCUT2D eigenvalue weighted by Crippen LogP contribution is -2.52.